The van der Waals surface area contributed by atoms with E-state index in [2.05, 4.69) is 9.44 Å². The second-order valence-corrected chi connectivity index (χ2v) is 5.00. The number of hydrogen-bond acceptors (Lipinski definition) is 6. The van der Waals surface area contributed by atoms with Crippen molar-refractivity contribution in [1.29, 1.82) is 5.26 Å². The smallest absolute Gasteiger partial charge is 0.287 e. The molecule has 0 amide bonds. The number of nitriles is 1. The van der Waals surface area contributed by atoms with Gasteiger partial charge in [0.05, 0.1) is 6.26 Å². The summed E-state index contributed by atoms with van der Waals surface area (Å²) in [6.45, 7) is 0. The third-order valence-electron chi connectivity index (χ3n) is 1.83. The molecule has 0 N–H and O–H groups in total. The number of benzene rings is 1. The van der Waals surface area contributed by atoms with Gasteiger partial charge in [0.1, 0.15) is 6.07 Å². The molecule has 0 aliphatic heterocycles. The molecule has 0 atom stereocenters. The Morgan fingerprint density at radius 3 is 2.53 bits per heavy atom. The maximum absolute atomic E-state index is 11.5. The first-order valence-electron chi connectivity index (χ1n) is 5.06. The molecule has 0 saturated heterocycles. The van der Waals surface area contributed by atoms with Gasteiger partial charge in [-0.1, -0.05) is 36.4 Å². The minimum absolute atomic E-state index is 0.641. The second-order valence-electron chi connectivity index (χ2n) is 3.44. The van der Waals surface area contributed by atoms with E-state index in [1.165, 1.54) is 12.1 Å². The summed E-state index contributed by atoms with van der Waals surface area (Å²) in [5.41, 5.74) is 0.120. The fourth-order valence-corrected chi connectivity index (χ4v) is 1.25. The van der Waals surface area contributed by atoms with Gasteiger partial charge >= 0.3 is 10.1 Å². The Kier molecular flexibility index (Phi) is 4.97. The summed E-state index contributed by atoms with van der Waals surface area (Å²) in [5.74, 6) is -0.741. The van der Waals surface area contributed by atoms with E-state index in [1.807, 2.05) is 6.07 Å². The third kappa shape index (κ3) is 5.61. The minimum Gasteiger partial charge on any atom is -0.287 e. The summed E-state index contributed by atoms with van der Waals surface area (Å²) < 4.78 is 25.4. The Balaban J connectivity index is 2.82. The van der Waals surface area contributed by atoms with Crippen molar-refractivity contribution in [2.75, 3.05) is 6.26 Å². The maximum Gasteiger partial charge on any atom is 0.325 e. The third-order valence-corrected chi connectivity index (χ3v) is 2.18. The SMILES string of the molecule is CS(=O)(=O)ON=C(C#N)C(=O)C=Cc1ccccc1. The number of ketones is 1. The fraction of sp³-hybridized carbons (Fsp3) is 0.0833. The van der Waals surface area contributed by atoms with Crippen LogP contribution in [0.25, 0.3) is 6.08 Å². The van der Waals surface area contributed by atoms with Crippen LogP contribution >= 0.6 is 0 Å². The van der Waals surface area contributed by atoms with Crippen LogP contribution in [-0.4, -0.2) is 26.2 Å². The van der Waals surface area contributed by atoms with Crippen molar-refractivity contribution in [2.24, 2.45) is 5.16 Å². The summed E-state index contributed by atoms with van der Waals surface area (Å²) in [4.78, 5) is 11.5. The van der Waals surface area contributed by atoms with Crippen LogP contribution in [0.5, 0.6) is 0 Å². The first kappa shape index (κ1) is 14.6. The van der Waals surface area contributed by atoms with Gasteiger partial charge in [-0.05, 0) is 16.8 Å². The maximum atomic E-state index is 11.5. The normalized spacial score (nSPS) is 12.1. The number of oxime groups is 1. The molecule has 1 aromatic carbocycles. The van der Waals surface area contributed by atoms with Gasteiger partial charge in [0.15, 0.2) is 0 Å². The Morgan fingerprint density at radius 1 is 1.37 bits per heavy atom. The highest BCUT2D eigenvalue weighted by Gasteiger charge is 2.10. The van der Waals surface area contributed by atoms with E-state index in [1.54, 1.807) is 24.3 Å². The van der Waals surface area contributed by atoms with Gasteiger partial charge in [-0.3, -0.25) is 9.08 Å². The van der Waals surface area contributed by atoms with Crippen molar-refractivity contribution in [2.45, 2.75) is 0 Å². The Hall–Kier alpha value is -2.46. The van der Waals surface area contributed by atoms with Crippen LogP contribution in [0, 0.1) is 11.3 Å². The van der Waals surface area contributed by atoms with E-state index in [0.717, 1.165) is 17.9 Å². The molecule has 0 unspecified atom stereocenters. The Morgan fingerprint density at radius 2 is 2.00 bits per heavy atom. The molecule has 1 aromatic rings. The monoisotopic (exact) mass is 278 g/mol. The zero-order valence-corrected chi connectivity index (χ0v) is 10.8. The zero-order valence-electron chi connectivity index (χ0n) is 9.98. The molecule has 19 heavy (non-hydrogen) atoms. The molecule has 98 valence electrons. The van der Waals surface area contributed by atoms with Gasteiger partial charge in [-0.15, -0.1) is 0 Å². The van der Waals surface area contributed by atoms with Crippen LogP contribution in [-0.2, 0) is 19.2 Å². The van der Waals surface area contributed by atoms with E-state index in [-0.39, 0.29) is 0 Å². The van der Waals surface area contributed by atoms with Crippen molar-refractivity contribution in [3.8, 4) is 6.07 Å². The van der Waals surface area contributed by atoms with Gasteiger partial charge in [-0.25, -0.2) is 0 Å². The summed E-state index contributed by atoms with van der Waals surface area (Å²) >= 11 is 0. The topological polar surface area (TPSA) is 96.6 Å². The van der Waals surface area contributed by atoms with Crippen LogP contribution in [0.4, 0.5) is 0 Å². The highest BCUT2D eigenvalue weighted by Crippen LogP contribution is 2.01. The van der Waals surface area contributed by atoms with Gasteiger partial charge in [0.2, 0.25) is 11.5 Å². The van der Waals surface area contributed by atoms with Crippen molar-refractivity contribution in [3.05, 3.63) is 42.0 Å². The van der Waals surface area contributed by atoms with Gasteiger partial charge in [0, 0.05) is 0 Å². The summed E-state index contributed by atoms with van der Waals surface area (Å²) in [6.07, 6.45) is 3.36. The molecule has 0 spiro atoms. The number of hydrogen-bond donors (Lipinski definition) is 0. The lowest BCUT2D eigenvalue weighted by atomic mass is 10.1. The van der Waals surface area contributed by atoms with E-state index >= 15 is 0 Å². The first-order chi connectivity index (χ1) is 8.92. The molecule has 1 rings (SSSR count). The second kappa shape index (κ2) is 6.47. The standard InChI is InChI=1S/C12H10N2O4S/c1-19(16,17)18-14-11(9-13)12(15)8-7-10-5-3-2-4-6-10/h2-8H,1H3. The van der Waals surface area contributed by atoms with E-state index in [4.69, 9.17) is 5.26 Å². The van der Waals surface area contributed by atoms with E-state index in [9.17, 15) is 13.2 Å². The molecule has 0 aromatic heterocycles. The first-order valence-corrected chi connectivity index (χ1v) is 6.88. The summed E-state index contributed by atoms with van der Waals surface area (Å²) in [5, 5.41) is 11.7. The van der Waals surface area contributed by atoms with Gasteiger partial charge in [-0.2, -0.15) is 13.7 Å². The highest BCUT2D eigenvalue weighted by atomic mass is 32.2. The predicted octanol–water partition coefficient (Wildman–Crippen LogP) is 1.12. The van der Waals surface area contributed by atoms with Crippen molar-refractivity contribution < 1.29 is 17.5 Å². The molecule has 0 saturated carbocycles. The lowest BCUT2D eigenvalue weighted by Crippen LogP contribution is -2.10. The lowest BCUT2D eigenvalue weighted by Gasteiger charge is -1.94. The average Bonchev–Trinajstić information content (AvgIpc) is 2.37. The molecule has 0 aliphatic rings. The predicted molar refractivity (Wildman–Crippen MR) is 69.5 cm³/mol. The van der Waals surface area contributed by atoms with Gasteiger partial charge < -0.3 is 0 Å². The van der Waals surface area contributed by atoms with Crippen LogP contribution in [0.2, 0.25) is 0 Å². The van der Waals surface area contributed by atoms with Gasteiger partial charge in [0.25, 0.3) is 0 Å². The van der Waals surface area contributed by atoms with Crippen LogP contribution in [0.15, 0.2) is 41.6 Å². The van der Waals surface area contributed by atoms with Crippen LogP contribution in [0.3, 0.4) is 0 Å². The summed E-state index contributed by atoms with van der Waals surface area (Å²) in [7, 11) is -3.84. The molecule has 7 heteroatoms. The van der Waals surface area contributed by atoms with Crippen molar-refractivity contribution in [1.82, 2.24) is 0 Å². The lowest BCUT2D eigenvalue weighted by molar-refractivity contribution is -0.108. The number of rotatable bonds is 5. The van der Waals surface area contributed by atoms with Crippen molar-refractivity contribution in [3.63, 3.8) is 0 Å². The molecular formula is C12H10N2O4S. The largest absolute Gasteiger partial charge is 0.325 e. The minimum atomic E-state index is -3.84. The Labute approximate surface area is 110 Å². The number of nitrogens with zero attached hydrogens (tertiary/aromatic N) is 2. The molecular weight excluding hydrogens is 268 g/mol. The molecule has 6 nitrogen and oxygen atoms in total. The van der Waals surface area contributed by atoms with Crippen molar-refractivity contribution >= 4 is 27.7 Å². The van der Waals surface area contributed by atoms with Crippen LogP contribution in [0.1, 0.15) is 5.56 Å². The fourth-order valence-electron chi connectivity index (χ4n) is 1.04. The van der Waals surface area contributed by atoms with E-state index in [0.29, 0.717) is 0 Å². The zero-order chi connectivity index (χ0) is 14.3. The van der Waals surface area contributed by atoms with Crippen LogP contribution < -0.4 is 0 Å². The molecule has 0 radical (unpaired) electrons. The number of allylic oxidation sites excluding steroid dienone is 1. The average molecular weight is 278 g/mol. The quantitative estimate of drug-likeness (QED) is 0.457. The highest BCUT2D eigenvalue weighted by molar-refractivity contribution is 7.85. The van der Waals surface area contributed by atoms with E-state index < -0.39 is 21.6 Å². The number of carbonyl (C=O) groups excluding carboxylic acids is 1. The molecule has 0 bridgehead atoms. The molecule has 0 aliphatic carbocycles. The summed E-state index contributed by atoms with van der Waals surface area (Å²) in [6, 6.07) is 10.4. The molecule has 0 fully saturated rings. The molecule has 0 heterocycles. The number of carbonyl (C=O) groups is 1. The Bertz CT molecular complexity index is 655.